The topological polar surface area (TPSA) is 95.5 Å². The predicted molar refractivity (Wildman–Crippen MR) is 114 cm³/mol. The quantitative estimate of drug-likeness (QED) is 0.739. The molecule has 1 fully saturated rings. The normalized spacial score (nSPS) is 13.7. The van der Waals surface area contributed by atoms with Gasteiger partial charge >= 0.3 is 6.03 Å². The first-order valence-electron chi connectivity index (χ1n) is 10.00. The van der Waals surface area contributed by atoms with Gasteiger partial charge in [-0.15, -0.1) is 0 Å². The summed E-state index contributed by atoms with van der Waals surface area (Å²) in [6.45, 7) is 4.64. The van der Waals surface area contributed by atoms with E-state index in [2.05, 4.69) is 30.5 Å². The fourth-order valence-electron chi connectivity index (χ4n) is 3.05. The van der Waals surface area contributed by atoms with Crippen molar-refractivity contribution in [2.75, 3.05) is 48.9 Å². The van der Waals surface area contributed by atoms with Crippen molar-refractivity contribution >= 4 is 23.6 Å². The second-order valence-corrected chi connectivity index (χ2v) is 7.06. The third-order valence-corrected chi connectivity index (χ3v) is 4.53. The number of urea groups is 1. The predicted octanol–water partition coefficient (Wildman–Crippen LogP) is 2.65. The van der Waals surface area contributed by atoms with Crippen LogP contribution in [0.15, 0.2) is 24.3 Å². The molecule has 9 heteroatoms. The average molecular weight is 399 g/mol. The minimum Gasteiger partial charge on any atom is -0.494 e. The van der Waals surface area contributed by atoms with Crippen molar-refractivity contribution in [3.63, 3.8) is 0 Å². The van der Waals surface area contributed by atoms with E-state index < -0.39 is 0 Å². The Kier molecular flexibility index (Phi) is 7.04. The van der Waals surface area contributed by atoms with Crippen LogP contribution in [-0.4, -0.2) is 54.8 Å². The molecular formula is C20H29N7O2. The molecule has 0 aliphatic carbocycles. The van der Waals surface area contributed by atoms with Gasteiger partial charge < -0.3 is 25.2 Å². The molecule has 2 aromatic rings. The van der Waals surface area contributed by atoms with Crippen molar-refractivity contribution in [3.05, 3.63) is 30.1 Å². The maximum Gasteiger partial charge on any atom is 0.319 e. The molecule has 1 saturated heterocycles. The SMILES string of the molecule is CCOc1ccc(NC(=O)NCc2nc(N(C)C)nc(N3CCCCC3)n2)cc1. The molecule has 29 heavy (non-hydrogen) atoms. The Labute approximate surface area is 171 Å². The Morgan fingerprint density at radius 3 is 2.48 bits per heavy atom. The summed E-state index contributed by atoms with van der Waals surface area (Å²) in [4.78, 5) is 29.9. The lowest BCUT2D eigenvalue weighted by molar-refractivity contribution is 0.251. The van der Waals surface area contributed by atoms with Crippen molar-refractivity contribution in [3.8, 4) is 5.75 Å². The number of carbonyl (C=O) groups is 1. The van der Waals surface area contributed by atoms with Gasteiger partial charge in [0, 0.05) is 32.9 Å². The number of anilines is 3. The Hall–Kier alpha value is -3.10. The number of aromatic nitrogens is 3. The Bertz CT molecular complexity index is 805. The van der Waals surface area contributed by atoms with Gasteiger partial charge in [0.05, 0.1) is 13.2 Å². The lowest BCUT2D eigenvalue weighted by atomic mass is 10.1. The van der Waals surface area contributed by atoms with Crippen molar-refractivity contribution in [1.29, 1.82) is 0 Å². The van der Waals surface area contributed by atoms with Crippen LogP contribution in [0, 0.1) is 0 Å². The molecule has 0 unspecified atom stereocenters. The molecule has 0 saturated carbocycles. The molecule has 0 spiro atoms. The number of amides is 2. The molecular weight excluding hydrogens is 370 g/mol. The number of carbonyl (C=O) groups excluding carboxylic acids is 1. The van der Waals surface area contributed by atoms with Gasteiger partial charge in [-0.25, -0.2) is 4.79 Å². The summed E-state index contributed by atoms with van der Waals surface area (Å²) >= 11 is 0. The molecule has 1 aromatic carbocycles. The lowest BCUT2D eigenvalue weighted by Crippen LogP contribution is -2.33. The first-order chi connectivity index (χ1) is 14.0. The number of nitrogens with zero attached hydrogens (tertiary/aromatic N) is 5. The molecule has 0 atom stereocenters. The van der Waals surface area contributed by atoms with E-state index in [1.807, 2.05) is 38.1 Å². The highest BCUT2D eigenvalue weighted by Crippen LogP contribution is 2.18. The van der Waals surface area contributed by atoms with Gasteiger partial charge in [-0.1, -0.05) is 0 Å². The van der Waals surface area contributed by atoms with Crippen molar-refractivity contribution in [2.45, 2.75) is 32.7 Å². The van der Waals surface area contributed by atoms with Gasteiger partial charge in [-0.3, -0.25) is 0 Å². The molecule has 3 rings (SSSR count). The van der Waals surface area contributed by atoms with Crippen LogP contribution in [0.5, 0.6) is 5.75 Å². The maximum absolute atomic E-state index is 12.3. The molecule has 2 heterocycles. The number of nitrogens with one attached hydrogen (secondary N) is 2. The third-order valence-electron chi connectivity index (χ3n) is 4.53. The summed E-state index contributed by atoms with van der Waals surface area (Å²) in [5.74, 6) is 2.56. The van der Waals surface area contributed by atoms with E-state index in [0.717, 1.165) is 31.7 Å². The molecule has 1 aliphatic heterocycles. The highest BCUT2D eigenvalue weighted by Gasteiger charge is 2.17. The number of hydrogen-bond acceptors (Lipinski definition) is 7. The van der Waals surface area contributed by atoms with Crippen molar-refractivity contribution in [1.82, 2.24) is 20.3 Å². The number of rotatable bonds is 7. The monoisotopic (exact) mass is 399 g/mol. The summed E-state index contributed by atoms with van der Waals surface area (Å²) in [5.41, 5.74) is 0.685. The zero-order chi connectivity index (χ0) is 20.6. The van der Waals surface area contributed by atoms with E-state index in [1.54, 1.807) is 12.1 Å². The molecule has 9 nitrogen and oxygen atoms in total. The maximum atomic E-state index is 12.3. The standard InChI is InChI=1S/C20H29N7O2/c1-4-29-16-10-8-15(9-11-16)22-20(28)21-14-17-23-18(26(2)3)25-19(24-17)27-12-6-5-7-13-27/h8-11H,4-7,12-14H2,1-3H3,(H2,21,22,28). The van der Waals surface area contributed by atoms with E-state index in [0.29, 0.717) is 30.0 Å². The fraction of sp³-hybridized carbons (Fsp3) is 0.500. The lowest BCUT2D eigenvalue weighted by Gasteiger charge is -2.27. The molecule has 1 aliphatic rings. The molecule has 2 N–H and O–H groups in total. The molecule has 0 bridgehead atoms. The van der Waals surface area contributed by atoms with E-state index >= 15 is 0 Å². The van der Waals surface area contributed by atoms with Gasteiger partial charge in [-0.2, -0.15) is 15.0 Å². The molecule has 0 radical (unpaired) electrons. The summed E-state index contributed by atoms with van der Waals surface area (Å²) in [7, 11) is 3.79. The number of piperidine rings is 1. The minimum absolute atomic E-state index is 0.215. The van der Waals surface area contributed by atoms with Crippen LogP contribution in [0.25, 0.3) is 0 Å². The second-order valence-electron chi connectivity index (χ2n) is 7.06. The van der Waals surface area contributed by atoms with Gasteiger partial charge in [0.15, 0.2) is 5.82 Å². The number of ether oxygens (including phenoxy) is 1. The Morgan fingerprint density at radius 2 is 1.83 bits per heavy atom. The zero-order valence-corrected chi connectivity index (χ0v) is 17.3. The highest BCUT2D eigenvalue weighted by molar-refractivity contribution is 5.89. The summed E-state index contributed by atoms with van der Waals surface area (Å²) < 4.78 is 5.40. The van der Waals surface area contributed by atoms with Crippen LogP contribution in [0.3, 0.4) is 0 Å². The van der Waals surface area contributed by atoms with Crippen LogP contribution in [0.2, 0.25) is 0 Å². The van der Waals surface area contributed by atoms with Gasteiger partial charge in [0.1, 0.15) is 5.75 Å². The molecule has 156 valence electrons. The fourth-order valence-corrected chi connectivity index (χ4v) is 3.05. The van der Waals surface area contributed by atoms with Crippen LogP contribution in [0.1, 0.15) is 32.0 Å². The van der Waals surface area contributed by atoms with Gasteiger partial charge in [0.2, 0.25) is 11.9 Å². The summed E-state index contributed by atoms with van der Waals surface area (Å²) in [6, 6.07) is 6.91. The number of hydrogen-bond donors (Lipinski definition) is 2. The van der Waals surface area contributed by atoms with Gasteiger partial charge in [-0.05, 0) is 50.5 Å². The van der Waals surface area contributed by atoms with E-state index in [1.165, 1.54) is 6.42 Å². The molecule has 2 amide bonds. The minimum atomic E-state index is -0.319. The molecule has 1 aromatic heterocycles. The number of benzene rings is 1. The Morgan fingerprint density at radius 1 is 1.10 bits per heavy atom. The summed E-state index contributed by atoms with van der Waals surface area (Å²) in [5, 5.41) is 5.61. The van der Waals surface area contributed by atoms with Crippen molar-refractivity contribution < 1.29 is 9.53 Å². The van der Waals surface area contributed by atoms with E-state index in [-0.39, 0.29) is 12.6 Å². The second kappa shape index (κ2) is 9.90. The van der Waals surface area contributed by atoms with E-state index in [9.17, 15) is 4.79 Å². The summed E-state index contributed by atoms with van der Waals surface area (Å²) in [6.07, 6.45) is 3.52. The largest absolute Gasteiger partial charge is 0.494 e. The first kappa shape index (κ1) is 20.6. The zero-order valence-electron chi connectivity index (χ0n) is 17.3. The van der Waals surface area contributed by atoms with Crippen LogP contribution in [-0.2, 0) is 6.54 Å². The smallest absolute Gasteiger partial charge is 0.319 e. The van der Waals surface area contributed by atoms with Crippen molar-refractivity contribution in [2.24, 2.45) is 0 Å². The van der Waals surface area contributed by atoms with Crippen LogP contribution in [0.4, 0.5) is 22.4 Å². The first-order valence-corrected chi connectivity index (χ1v) is 10.00. The highest BCUT2D eigenvalue weighted by atomic mass is 16.5. The van der Waals surface area contributed by atoms with Gasteiger partial charge in [0.25, 0.3) is 0 Å². The van der Waals surface area contributed by atoms with Crippen LogP contribution < -0.4 is 25.2 Å². The Balaban J connectivity index is 1.62. The van der Waals surface area contributed by atoms with Crippen LogP contribution >= 0.6 is 0 Å². The van der Waals surface area contributed by atoms with E-state index in [4.69, 9.17) is 4.74 Å². The third kappa shape index (κ3) is 5.94. The average Bonchev–Trinajstić information content (AvgIpc) is 2.74.